The Labute approximate surface area is 186 Å². The number of hydrogen-bond donors (Lipinski definition) is 0. The molecule has 4 rings (SSSR count). The number of aromatic nitrogens is 1. The van der Waals surface area contributed by atoms with E-state index in [2.05, 4.69) is 32.1 Å². The van der Waals surface area contributed by atoms with Crippen LogP contribution < -0.4 is 9.75 Å². The molecule has 3 aromatic carbocycles. The van der Waals surface area contributed by atoms with Gasteiger partial charge in [0.05, 0.1) is 23.5 Å². The third kappa shape index (κ3) is 4.42. The van der Waals surface area contributed by atoms with Crippen LogP contribution in [0.25, 0.3) is 10.2 Å². The van der Waals surface area contributed by atoms with Crippen LogP contribution in [0.15, 0.2) is 76.3 Å². The minimum absolute atomic E-state index is 0.280. The van der Waals surface area contributed by atoms with Gasteiger partial charge in [0.25, 0.3) is 5.91 Å². The second-order valence-corrected chi connectivity index (χ2v) is 8.54. The van der Waals surface area contributed by atoms with Crippen molar-refractivity contribution in [2.24, 2.45) is 5.10 Å². The van der Waals surface area contributed by atoms with Gasteiger partial charge in [-0.25, -0.2) is 4.98 Å². The Morgan fingerprint density at radius 3 is 2.70 bits per heavy atom. The van der Waals surface area contributed by atoms with E-state index in [1.807, 2.05) is 43.3 Å². The topological polar surface area (TPSA) is 54.8 Å². The fraction of sp³-hybridized carbons (Fsp3) is 0.0870. The lowest BCUT2D eigenvalue weighted by Crippen LogP contribution is -2.25. The lowest BCUT2D eigenvalue weighted by Gasteiger charge is -2.14. The molecular formula is C23H18BrN3O2S. The molecule has 0 unspecified atom stereocenters. The maximum absolute atomic E-state index is 13.3. The second kappa shape index (κ2) is 8.77. The summed E-state index contributed by atoms with van der Waals surface area (Å²) in [5.74, 6) is 0.329. The van der Waals surface area contributed by atoms with Gasteiger partial charge >= 0.3 is 0 Å². The zero-order valence-corrected chi connectivity index (χ0v) is 18.8. The van der Waals surface area contributed by atoms with Crippen LogP contribution in [0, 0.1) is 6.92 Å². The van der Waals surface area contributed by atoms with Crippen molar-refractivity contribution in [1.82, 2.24) is 4.98 Å². The summed E-state index contributed by atoms with van der Waals surface area (Å²) in [5.41, 5.74) is 3.32. The van der Waals surface area contributed by atoms with Crippen molar-refractivity contribution in [3.05, 3.63) is 87.9 Å². The van der Waals surface area contributed by atoms with Crippen molar-refractivity contribution in [1.29, 1.82) is 0 Å². The van der Waals surface area contributed by atoms with Crippen molar-refractivity contribution >= 4 is 54.7 Å². The summed E-state index contributed by atoms with van der Waals surface area (Å²) in [6, 6.07) is 20.7. The van der Waals surface area contributed by atoms with Crippen LogP contribution in [0.3, 0.4) is 0 Å². The van der Waals surface area contributed by atoms with E-state index in [0.717, 1.165) is 25.8 Å². The van der Waals surface area contributed by atoms with Crippen LogP contribution in [-0.2, 0) is 0 Å². The van der Waals surface area contributed by atoms with E-state index in [0.29, 0.717) is 16.4 Å². The smallest absolute Gasteiger partial charge is 0.280 e. The van der Waals surface area contributed by atoms with Crippen LogP contribution in [0.4, 0.5) is 5.13 Å². The standard InChI is InChI=1S/C23H18BrN3O2S/c1-15-6-11-20-21(12-15)30-23(26-20)27(25-14-16-7-9-18(24)10-8-16)22(28)17-4-3-5-19(13-17)29-2/h3-14H,1-2H3/b25-14+. The Balaban J connectivity index is 1.76. The molecule has 0 fully saturated rings. The molecule has 7 heteroatoms. The van der Waals surface area contributed by atoms with E-state index in [1.165, 1.54) is 16.3 Å². The molecule has 30 heavy (non-hydrogen) atoms. The number of halogens is 1. The van der Waals surface area contributed by atoms with Crippen molar-refractivity contribution in [3.8, 4) is 5.75 Å². The molecule has 0 saturated carbocycles. The maximum Gasteiger partial charge on any atom is 0.280 e. The van der Waals surface area contributed by atoms with E-state index in [4.69, 9.17) is 4.74 Å². The minimum Gasteiger partial charge on any atom is -0.497 e. The number of benzene rings is 3. The summed E-state index contributed by atoms with van der Waals surface area (Å²) < 4.78 is 7.25. The molecule has 150 valence electrons. The zero-order chi connectivity index (χ0) is 21.1. The highest BCUT2D eigenvalue weighted by Gasteiger charge is 2.21. The molecule has 1 aromatic heterocycles. The van der Waals surface area contributed by atoms with Crippen LogP contribution in [0.2, 0.25) is 0 Å². The number of hydrogen-bond acceptors (Lipinski definition) is 5. The zero-order valence-electron chi connectivity index (χ0n) is 16.4. The van der Waals surface area contributed by atoms with Crippen LogP contribution in [0.1, 0.15) is 21.5 Å². The van der Waals surface area contributed by atoms with E-state index in [9.17, 15) is 4.79 Å². The summed E-state index contributed by atoms with van der Waals surface area (Å²) >= 11 is 4.86. The van der Waals surface area contributed by atoms with Crippen LogP contribution in [-0.4, -0.2) is 24.2 Å². The number of amides is 1. The molecule has 0 N–H and O–H groups in total. The van der Waals surface area contributed by atoms with Crippen molar-refractivity contribution < 1.29 is 9.53 Å². The molecule has 0 spiro atoms. The average molecular weight is 480 g/mol. The quantitative estimate of drug-likeness (QED) is 0.258. The van der Waals surface area contributed by atoms with Gasteiger partial charge in [0.1, 0.15) is 5.75 Å². The van der Waals surface area contributed by atoms with Crippen molar-refractivity contribution in [2.75, 3.05) is 12.1 Å². The highest BCUT2D eigenvalue weighted by atomic mass is 79.9. The van der Waals surface area contributed by atoms with Gasteiger partial charge in [-0.3, -0.25) is 4.79 Å². The van der Waals surface area contributed by atoms with Gasteiger partial charge in [-0.15, -0.1) is 0 Å². The number of nitrogens with zero attached hydrogens (tertiary/aromatic N) is 3. The summed E-state index contributed by atoms with van der Waals surface area (Å²) in [5, 5.41) is 6.35. The fourth-order valence-corrected chi connectivity index (χ4v) is 4.14. The van der Waals surface area contributed by atoms with E-state index in [-0.39, 0.29) is 5.91 Å². The molecule has 0 aliphatic carbocycles. The SMILES string of the molecule is COc1cccc(C(=O)N(/N=C/c2ccc(Br)cc2)c2nc3ccc(C)cc3s2)c1. The van der Waals surface area contributed by atoms with E-state index >= 15 is 0 Å². The van der Waals surface area contributed by atoms with Crippen LogP contribution in [0.5, 0.6) is 5.75 Å². The van der Waals surface area contributed by atoms with Gasteiger partial charge in [-0.1, -0.05) is 51.5 Å². The van der Waals surface area contributed by atoms with Gasteiger partial charge in [0, 0.05) is 10.0 Å². The van der Waals surface area contributed by atoms with Gasteiger partial charge in [-0.2, -0.15) is 10.1 Å². The number of aryl methyl sites for hydroxylation is 1. The van der Waals surface area contributed by atoms with Gasteiger partial charge in [0.2, 0.25) is 5.13 Å². The first-order chi connectivity index (χ1) is 14.5. The Hall–Kier alpha value is -3.03. The molecule has 0 bridgehead atoms. The lowest BCUT2D eigenvalue weighted by atomic mass is 10.2. The van der Waals surface area contributed by atoms with Gasteiger partial charge in [-0.05, 0) is 60.5 Å². The predicted molar refractivity (Wildman–Crippen MR) is 126 cm³/mol. The number of carbonyl (C=O) groups is 1. The molecule has 1 heterocycles. The molecule has 4 aromatic rings. The van der Waals surface area contributed by atoms with Crippen molar-refractivity contribution in [2.45, 2.75) is 6.92 Å². The molecular weight excluding hydrogens is 462 g/mol. The number of fused-ring (bicyclic) bond motifs is 1. The lowest BCUT2D eigenvalue weighted by molar-refractivity contribution is 0.0987. The van der Waals surface area contributed by atoms with Gasteiger partial charge in [0.15, 0.2) is 0 Å². The first-order valence-corrected chi connectivity index (χ1v) is 10.8. The summed E-state index contributed by atoms with van der Waals surface area (Å²) in [7, 11) is 1.57. The Bertz CT molecular complexity index is 1230. The molecule has 0 aliphatic rings. The molecule has 0 radical (unpaired) electrons. The third-order valence-electron chi connectivity index (χ3n) is 4.42. The Morgan fingerprint density at radius 2 is 1.93 bits per heavy atom. The minimum atomic E-state index is -0.280. The van der Waals surface area contributed by atoms with E-state index in [1.54, 1.807) is 37.6 Å². The summed E-state index contributed by atoms with van der Waals surface area (Å²) in [6.45, 7) is 2.03. The number of hydrazone groups is 1. The van der Waals surface area contributed by atoms with Crippen LogP contribution >= 0.6 is 27.3 Å². The fourth-order valence-electron chi connectivity index (χ4n) is 2.85. The number of methoxy groups -OCH3 is 1. The van der Waals surface area contributed by atoms with Crippen molar-refractivity contribution in [3.63, 3.8) is 0 Å². The highest BCUT2D eigenvalue weighted by Crippen LogP contribution is 2.31. The third-order valence-corrected chi connectivity index (χ3v) is 5.94. The molecule has 5 nitrogen and oxygen atoms in total. The largest absolute Gasteiger partial charge is 0.497 e. The summed E-state index contributed by atoms with van der Waals surface area (Å²) in [6.07, 6.45) is 1.65. The number of rotatable bonds is 5. The summed E-state index contributed by atoms with van der Waals surface area (Å²) in [4.78, 5) is 18.0. The molecule has 0 saturated heterocycles. The number of ether oxygens (including phenoxy) is 1. The second-order valence-electron chi connectivity index (χ2n) is 6.61. The molecule has 1 amide bonds. The number of carbonyl (C=O) groups excluding carboxylic acids is 1. The Kier molecular flexibility index (Phi) is 5.92. The normalized spacial score (nSPS) is 11.2. The molecule has 0 aliphatic heterocycles. The Morgan fingerprint density at radius 1 is 1.13 bits per heavy atom. The number of anilines is 1. The maximum atomic E-state index is 13.3. The monoisotopic (exact) mass is 479 g/mol. The first-order valence-electron chi connectivity index (χ1n) is 9.19. The van der Waals surface area contributed by atoms with Gasteiger partial charge < -0.3 is 4.74 Å². The van der Waals surface area contributed by atoms with E-state index < -0.39 is 0 Å². The average Bonchev–Trinajstić information content (AvgIpc) is 3.17. The molecule has 0 atom stereocenters. The first kappa shape index (κ1) is 20.3. The number of thiazole rings is 1. The predicted octanol–water partition coefficient (Wildman–Crippen LogP) is 6.06. The highest BCUT2D eigenvalue weighted by molar-refractivity contribution is 9.10.